The number of aryl methyl sites for hydroxylation is 2. The van der Waals surface area contributed by atoms with Gasteiger partial charge < -0.3 is 4.90 Å². The molecule has 7 heteroatoms. The molecule has 1 fully saturated rings. The number of nitrogens with zero attached hydrogens (tertiary/aromatic N) is 3. The summed E-state index contributed by atoms with van der Waals surface area (Å²) in [5.74, 6) is -0.209. The lowest BCUT2D eigenvalue weighted by Crippen LogP contribution is -2.24. The summed E-state index contributed by atoms with van der Waals surface area (Å²) in [6, 6.07) is 15.7. The van der Waals surface area contributed by atoms with Crippen molar-refractivity contribution in [2.24, 2.45) is 0 Å². The summed E-state index contributed by atoms with van der Waals surface area (Å²) in [6.45, 7) is 4.62. The molecule has 3 aromatic rings. The molecule has 6 nitrogen and oxygen atoms in total. The van der Waals surface area contributed by atoms with Gasteiger partial charge in [0.05, 0.1) is 0 Å². The van der Waals surface area contributed by atoms with Crippen molar-refractivity contribution in [1.82, 2.24) is 10.2 Å². The van der Waals surface area contributed by atoms with Crippen molar-refractivity contribution in [3.8, 4) is 0 Å². The van der Waals surface area contributed by atoms with E-state index < -0.39 is 0 Å². The van der Waals surface area contributed by atoms with Gasteiger partial charge in [-0.05, 0) is 48.7 Å². The Bertz CT molecular complexity index is 1090. The third-order valence-electron chi connectivity index (χ3n) is 4.89. The number of nitrogens with one attached hydrogen (secondary N) is 1. The van der Waals surface area contributed by atoms with Crippen LogP contribution in [-0.4, -0.2) is 28.6 Å². The Morgan fingerprint density at radius 1 is 1.13 bits per heavy atom. The van der Waals surface area contributed by atoms with Crippen molar-refractivity contribution in [3.63, 3.8) is 0 Å². The molecule has 152 valence electrons. The summed E-state index contributed by atoms with van der Waals surface area (Å²) in [5.41, 5.74) is 4.13. The molecule has 4 rings (SSSR count). The summed E-state index contributed by atoms with van der Waals surface area (Å²) in [5, 5.41) is 12.2. The molecule has 1 aliphatic rings. The van der Waals surface area contributed by atoms with Gasteiger partial charge in [-0.1, -0.05) is 47.7 Å². The van der Waals surface area contributed by atoms with Crippen LogP contribution in [0, 0.1) is 13.8 Å². The van der Waals surface area contributed by atoms with Gasteiger partial charge in [0.15, 0.2) is 0 Å². The molecule has 0 radical (unpaired) electrons. The van der Waals surface area contributed by atoms with Gasteiger partial charge in [0.1, 0.15) is 5.01 Å². The largest absolute Gasteiger partial charge is 0.312 e. The Balaban J connectivity index is 1.41. The number of hydrogen-bond donors (Lipinski definition) is 1. The van der Waals surface area contributed by atoms with E-state index in [0.717, 1.165) is 27.4 Å². The van der Waals surface area contributed by atoms with Crippen LogP contribution in [0.5, 0.6) is 0 Å². The lowest BCUT2D eigenvalue weighted by atomic mass is 10.1. The highest BCUT2D eigenvalue weighted by molar-refractivity contribution is 7.15. The fourth-order valence-corrected chi connectivity index (χ4v) is 4.40. The molecule has 2 amide bonds. The van der Waals surface area contributed by atoms with Crippen LogP contribution in [0.15, 0.2) is 54.6 Å². The summed E-state index contributed by atoms with van der Waals surface area (Å²) in [4.78, 5) is 26.5. The van der Waals surface area contributed by atoms with E-state index in [0.29, 0.717) is 18.1 Å². The molecule has 1 atom stereocenters. The average Bonchev–Trinajstić information content (AvgIpc) is 3.33. The van der Waals surface area contributed by atoms with Crippen LogP contribution in [0.4, 0.5) is 10.8 Å². The van der Waals surface area contributed by atoms with Crippen molar-refractivity contribution in [2.45, 2.75) is 26.2 Å². The third-order valence-corrected chi connectivity index (χ3v) is 5.89. The minimum Gasteiger partial charge on any atom is -0.312 e. The predicted molar refractivity (Wildman–Crippen MR) is 120 cm³/mol. The zero-order valence-electron chi connectivity index (χ0n) is 16.8. The molecule has 0 saturated carbocycles. The van der Waals surface area contributed by atoms with Crippen LogP contribution < -0.4 is 10.2 Å². The smallest absolute Gasteiger partial charge is 0.250 e. The monoisotopic (exact) mass is 418 g/mol. The second kappa shape index (κ2) is 8.59. The Kier molecular flexibility index (Phi) is 5.72. The molecular weight excluding hydrogens is 396 g/mol. The van der Waals surface area contributed by atoms with Gasteiger partial charge in [0.25, 0.3) is 0 Å². The molecule has 1 unspecified atom stereocenters. The minimum absolute atomic E-state index is 0.0265. The third kappa shape index (κ3) is 4.63. The lowest BCUT2D eigenvalue weighted by molar-refractivity contribution is -0.117. The molecule has 2 aromatic carbocycles. The van der Waals surface area contributed by atoms with Crippen molar-refractivity contribution < 1.29 is 9.59 Å². The molecule has 1 N–H and O–H groups in total. The van der Waals surface area contributed by atoms with E-state index in [4.69, 9.17) is 0 Å². The van der Waals surface area contributed by atoms with Gasteiger partial charge in [-0.25, -0.2) is 0 Å². The van der Waals surface area contributed by atoms with Crippen LogP contribution >= 0.6 is 11.3 Å². The summed E-state index contributed by atoms with van der Waals surface area (Å²) in [7, 11) is 0. The lowest BCUT2D eigenvalue weighted by Gasteiger charge is -2.17. The molecule has 1 aliphatic heterocycles. The van der Waals surface area contributed by atoms with Gasteiger partial charge in [-0.15, -0.1) is 10.2 Å². The SMILES string of the molecule is Cc1cc(C)cc(N2CC(c3nnc(NC(=O)/C=C/c4ccccc4)s3)CC2=O)c1. The van der Waals surface area contributed by atoms with E-state index in [2.05, 4.69) is 21.6 Å². The van der Waals surface area contributed by atoms with E-state index >= 15 is 0 Å². The molecule has 30 heavy (non-hydrogen) atoms. The van der Waals surface area contributed by atoms with E-state index in [1.165, 1.54) is 17.4 Å². The number of carbonyl (C=O) groups excluding carboxylic acids is 2. The topological polar surface area (TPSA) is 75.2 Å². The number of amides is 2. The van der Waals surface area contributed by atoms with Gasteiger partial charge in [-0.3, -0.25) is 14.9 Å². The minimum atomic E-state index is -0.263. The molecule has 0 bridgehead atoms. The highest BCUT2D eigenvalue weighted by Crippen LogP contribution is 2.34. The van der Waals surface area contributed by atoms with Gasteiger partial charge in [0.2, 0.25) is 16.9 Å². The zero-order chi connectivity index (χ0) is 21.1. The standard InChI is InChI=1S/C23H22N4O2S/c1-15-10-16(2)12-19(11-15)27-14-18(13-21(27)29)22-25-26-23(30-22)24-20(28)9-8-17-6-4-3-5-7-17/h3-12,18H,13-14H2,1-2H3,(H,24,26,28)/b9-8+. The first-order chi connectivity index (χ1) is 14.5. The number of rotatable bonds is 5. The first-order valence-electron chi connectivity index (χ1n) is 9.74. The van der Waals surface area contributed by atoms with Crippen molar-refractivity contribution in [1.29, 1.82) is 0 Å². The Morgan fingerprint density at radius 2 is 1.87 bits per heavy atom. The maximum Gasteiger partial charge on any atom is 0.250 e. The number of hydrogen-bond acceptors (Lipinski definition) is 5. The fraction of sp³-hybridized carbons (Fsp3) is 0.217. The van der Waals surface area contributed by atoms with E-state index in [9.17, 15) is 9.59 Å². The maximum absolute atomic E-state index is 12.6. The number of carbonyl (C=O) groups is 2. The molecule has 0 aliphatic carbocycles. The Hall–Kier alpha value is -3.32. The number of aromatic nitrogens is 2. The van der Waals surface area contributed by atoms with Gasteiger partial charge in [0, 0.05) is 30.6 Å². The van der Waals surface area contributed by atoms with E-state index in [1.54, 1.807) is 6.08 Å². The Labute approximate surface area is 179 Å². The van der Waals surface area contributed by atoms with Crippen molar-refractivity contribution in [3.05, 3.63) is 76.3 Å². The summed E-state index contributed by atoms with van der Waals surface area (Å²) in [6.07, 6.45) is 3.61. The first kappa shape index (κ1) is 20.0. The fourth-order valence-electron chi connectivity index (χ4n) is 3.56. The summed E-state index contributed by atoms with van der Waals surface area (Å²) < 4.78 is 0. The quantitative estimate of drug-likeness (QED) is 0.626. The van der Waals surface area contributed by atoms with Crippen LogP contribution in [0.25, 0.3) is 6.08 Å². The predicted octanol–water partition coefficient (Wildman–Crippen LogP) is 4.33. The summed E-state index contributed by atoms with van der Waals surface area (Å²) >= 11 is 1.32. The molecular formula is C23H22N4O2S. The average molecular weight is 419 g/mol. The second-order valence-electron chi connectivity index (χ2n) is 7.43. The molecule has 1 aromatic heterocycles. The first-order valence-corrected chi connectivity index (χ1v) is 10.6. The van der Waals surface area contributed by atoms with Gasteiger partial charge >= 0.3 is 0 Å². The molecule has 0 spiro atoms. The zero-order valence-corrected chi connectivity index (χ0v) is 17.6. The molecule has 1 saturated heterocycles. The highest BCUT2D eigenvalue weighted by atomic mass is 32.1. The normalized spacial score (nSPS) is 16.4. The number of benzene rings is 2. The number of anilines is 2. The van der Waals surface area contributed by atoms with E-state index in [-0.39, 0.29) is 17.7 Å². The van der Waals surface area contributed by atoms with Crippen LogP contribution in [-0.2, 0) is 9.59 Å². The van der Waals surface area contributed by atoms with Crippen molar-refractivity contribution >= 4 is 40.0 Å². The maximum atomic E-state index is 12.6. The van der Waals surface area contributed by atoms with Crippen molar-refractivity contribution in [2.75, 3.05) is 16.8 Å². The van der Waals surface area contributed by atoms with Crippen LogP contribution in [0.1, 0.15) is 34.0 Å². The van der Waals surface area contributed by atoms with Crippen LogP contribution in [0.2, 0.25) is 0 Å². The van der Waals surface area contributed by atoms with E-state index in [1.807, 2.05) is 61.2 Å². The highest BCUT2D eigenvalue weighted by Gasteiger charge is 2.34. The second-order valence-corrected chi connectivity index (χ2v) is 8.44. The Morgan fingerprint density at radius 3 is 2.60 bits per heavy atom. The molecule has 2 heterocycles. The van der Waals surface area contributed by atoms with Crippen LogP contribution in [0.3, 0.4) is 0 Å². The van der Waals surface area contributed by atoms with Gasteiger partial charge in [-0.2, -0.15) is 0 Å².